The Morgan fingerprint density at radius 3 is 1.97 bits per heavy atom. The van der Waals surface area contributed by atoms with Crippen molar-refractivity contribution in [3.63, 3.8) is 0 Å². The lowest BCUT2D eigenvalue weighted by molar-refractivity contribution is 0.347. The molecule has 1 heterocycles. The normalized spacial score (nSPS) is 17.9. The van der Waals surface area contributed by atoms with Gasteiger partial charge in [0.25, 0.3) is 0 Å². The number of aromatic nitrogens is 2. The highest BCUT2D eigenvalue weighted by atomic mass is 32.2. The van der Waals surface area contributed by atoms with Crippen molar-refractivity contribution in [2.24, 2.45) is 0 Å². The predicted molar refractivity (Wildman–Crippen MR) is 163 cm³/mol. The molecule has 1 saturated carbocycles. The minimum atomic E-state index is -0.103. The summed E-state index contributed by atoms with van der Waals surface area (Å²) in [5, 5.41) is 8.73. The maximum Gasteiger partial charge on any atom is 0.225 e. The molecule has 0 saturated heterocycles. The van der Waals surface area contributed by atoms with Gasteiger partial charge in [-0.15, -0.1) is 11.8 Å². The van der Waals surface area contributed by atoms with Gasteiger partial charge in [0, 0.05) is 38.1 Å². The Hall–Kier alpha value is -3.09. The fraction of sp³-hybridized carbons (Fsp3) is 0.375. The van der Waals surface area contributed by atoms with Gasteiger partial charge in [0.1, 0.15) is 5.82 Å². The van der Waals surface area contributed by atoms with Crippen LogP contribution in [0.3, 0.4) is 0 Å². The van der Waals surface area contributed by atoms with E-state index in [1.165, 1.54) is 11.1 Å². The van der Waals surface area contributed by atoms with Crippen molar-refractivity contribution in [1.82, 2.24) is 15.3 Å². The Bertz CT molecular complexity index is 1260. The molecular formula is C32H39N5S. The smallest absolute Gasteiger partial charge is 0.225 e. The van der Waals surface area contributed by atoms with Crippen LogP contribution in [-0.4, -0.2) is 48.4 Å². The molecule has 1 aliphatic rings. The van der Waals surface area contributed by atoms with Gasteiger partial charge in [-0.25, -0.2) is 4.98 Å². The molecule has 0 radical (unpaired) electrons. The summed E-state index contributed by atoms with van der Waals surface area (Å²) in [5.74, 6) is 2.75. The minimum absolute atomic E-state index is 0.103. The highest BCUT2D eigenvalue weighted by molar-refractivity contribution is 8.00. The summed E-state index contributed by atoms with van der Waals surface area (Å²) >= 11 is 2.03. The summed E-state index contributed by atoms with van der Waals surface area (Å²) in [6.07, 6.45) is 4.50. The molecule has 1 fully saturated rings. The minimum Gasteiger partial charge on any atom is -0.362 e. The van der Waals surface area contributed by atoms with Crippen LogP contribution in [0.4, 0.5) is 11.8 Å². The van der Waals surface area contributed by atoms with Crippen LogP contribution in [0, 0.1) is 0 Å². The molecule has 1 aromatic heterocycles. The van der Waals surface area contributed by atoms with E-state index in [-0.39, 0.29) is 4.75 Å². The Balaban J connectivity index is 1.26. The number of fused-ring (bicyclic) bond motifs is 1. The molecule has 0 atom stereocenters. The topological polar surface area (TPSA) is 53.1 Å². The van der Waals surface area contributed by atoms with Gasteiger partial charge in [-0.2, -0.15) is 4.98 Å². The molecule has 38 heavy (non-hydrogen) atoms. The maximum absolute atomic E-state index is 4.86. The molecule has 198 valence electrons. The molecule has 5 nitrogen and oxygen atoms in total. The molecule has 1 aliphatic carbocycles. The van der Waals surface area contributed by atoms with E-state index >= 15 is 0 Å². The van der Waals surface area contributed by atoms with E-state index in [9.17, 15) is 0 Å². The van der Waals surface area contributed by atoms with Crippen molar-refractivity contribution >= 4 is 34.4 Å². The zero-order valence-corrected chi connectivity index (χ0v) is 23.5. The molecule has 0 amide bonds. The van der Waals surface area contributed by atoms with Crippen LogP contribution < -0.4 is 15.5 Å². The molecule has 4 aromatic rings. The van der Waals surface area contributed by atoms with Gasteiger partial charge in [-0.05, 0) is 54.7 Å². The Labute approximate surface area is 231 Å². The van der Waals surface area contributed by atoms with E-state index in [2.05, 4.69) is 95.3 Å². The van der Waals surface area contributed by atoms with Gasteiger partial charge in [-0.1, -0.05) is 79.7 Å². The number of nitrogens with one attached hydrogen (secondary N) is 2. The highest BCUT2D eigenvalue weighted by Gasteiger charge is 2.35. The zero-order chi connectivity index (χ0) is 26.4. The van der Waals surface area contributed by atoms with Crippen LogP contribution in [0.1, 0.15) is 43.7 Å². The van der Waals surface area contributed by atoms with E-state index in [0.29, 0.717) is 12.1 Å². The fourth-order valence-electron chi connectivity index (χ4n) is 5.63. The second-order valence-electron chi connectivity index (χ2n) is 10.3. The lowest BCUT2D eigenvalue weighted by Gasteiger charge is -2.38. The van der Waals surface area contributed by atoms with E-state index in [1.54, 1.807) is 0 Å². The maximum atomic E-state index is 4.86. The summed E-state index contributed by atoms with van der Waals surface area (Å²) in [6, 6.07) is 31.1. The first-order chi connectivity index (χ1) is 18.6. The molecule has 0 bridgehead atoms. The molecule has 5 rings (SSSR count). The molecule has 6 heteroatoms. The highest BCUT2D eigenvalue weighted by Crippen LogP contribution is 2.42. The average molecular weight is 526 g/mol. The number of rotatable bonds is 10. The van der Waals surface area contributed by atoms with Crippen LogP contribution in [0.25, 0.3) is 10.9 Å². The van der Waals surface area contributed by atoms with Crippen LogP contribution in [0.5, 0.6) is 0 Å². The van der Waals surface area contributed by atoms with Crippen LogP contribution in [0.15, 0.2) is 84.9 Å². The molecular weight excluding hydrogens is 486 g/mol. The van der Waals surface area contributed by atoms with Gasteiger partial charge >= 0.3 is 0 Å². The predicted octanol–water partition coefficient (Wildman–Crippen LogP) is 6.71. The lowest BCUT2D eigenvalue weighted by atomic mass is 9.87. The second-order valence-corrected chi connectivity index (χ2v) is 11.9. The first-order valence-corrected chi connectivity index (χ1v) is 14.8. The monoisotopic (exact) mass is 525 g/mol. The summed E-state index contributed by atoms with van der Waals surface area (Å²) < 4.78 is -0.103. The quantitative estimate of drug-likeness (QED) is 0.240. The van der Waals surface area contributed by atoms with Crippen LogP contribution in [-0.2, 0) is 4.75 Å². The lowest BCUT2D eigenvalue weighted by Crippen LogP contribution is -2.44. The van der Waals surface area contributed by atoms with Gasteiger partial charge in [0.2, 0.25) is 5.95 Å². The molecule has 0 spiro atoms. The number of anilines is 2. The second kappa shape index (κ2) is 12.2. The Kier molecular flexibility index (Phi) is 8.50. The molecule has 0 aliphatic heterocycles. The Morgan fingerprint density at radius 2 is 1.37 bits per heavy atom. The van der Waals surface area contributed by atoms with Crippen molar-refractivity contribution < 1.29 is 0 Å². The van der Waals surface area contributed by atoms with Crippen molar-refractivity contribution in [2.75, 3.05) is 36.6 Å². The van der Waals surface area contributed by atoms with E-state index in [0.717, 1.165) is 60.7 Å². The number of para-hydroxylation sites is 1. The first-order valence-electron chi connectivity index (χ1n) is 13.8. The molecule has 2 N–H and O–H groups in total. The van der Waals surface area contributed by atoms with Crippen molar-refractivity contribution in [2.45, 2.75) is 49.4 Å². The van der Waals surface area contributed by atoms with Crippen molar-refractivity contribution in [1.29, 1.82) is 0 Å². The third kappa shape index (κ3) is 5.82. The van der Waals surface area contributed by atoms with Gasteiger partial charge in [0.15, 0.2) is 0 Å². The number of thioether (sulfide) groups is 1. The molecule has 3 aromatic carbocycles. The molecule has 0 unspecified atom stereocenters. The average Bonchev–Trinajstić information content (AvgIpc) is 2.96. The van der Waals surface area contributed by atoms with E-state index in [4.69, 9.17) is 9.97 Å². The van der Waals surface area contributed by atoms with Crippen molar-refractivity contribution in [3.05, 3.63) is 96.1 Å². The fourth-order valence-corrected chi connectivity index (χ4v) is 6.91. The van der Waals surface area contributed by atoms with Crippen molar-refractivity contribution in [3.8, 4) is 0 Å². The van der Waals surface area contributed by atoms with Crippen LogP contribution >= 0.6 is 11.8 Å². The largest absolute Gasteiger partial charge is 0.362 e. The number of nitrogens with zero attached hydrogens (tertiary/aromatic N) is 3. The van der Waals surface area contributed by atoms with E-state index < -0.39 is 0 Å². The zero-order valence-electron chi connectivity index (χ0n) is 22.7. The van der Waals surface area contributed by atoms with Crippen LogP contribution in [0.2, 0.25) is 0 Å². The standard InChI is InChI=1S/C32H39N5S/c1-4-38-32(24-13-7-5-8-14-24,25-15-9-6-10-16-25)23-33-26-19-21-27(22-20-26)34-31-35-29-18-12-11-17-28(29)30(36-31)37(2)3/h5-18,26-27,33H,4,19-23H2,1-3H3,(H,34,35,36)/t26-,27+. The third-order valence-electron chi connectivity index (χ3n) is 7.58. The number of benzene rings is 3. The van der Waals surface area contributed by atoms with Gasteiger partial charge in [0.05, 0.1) is 10.3 Å². The van der Waals surface area contributed by atoms with Gasteiger partial charge in [-0.3, -0.25) is 0 Å². The SMILES string of the molecule is CCSC(CN[C@H]1CC[C@@H](Nc2nc(N(C)C)c3ccccc3n2)CC1)(c1ccccc1)c1ccccc1. The summed E-state index contributed by atoms with van der Waals surface area (Å²) in [4.78, 5) is 11.7. The van der Waals surface area contributed by atoms with E-state index in [1.807, 2.05) is 38.0 Å². The Morgan fingerprint density at radius 1 is 0.789 bits per heavy atom. The third-order valence-corrected chi connectivity index (χ3v) is 8.97. The first kappa shape index (κ1) is 26.5. The summed E-state index contributed by atoms with van der Waals surface area (Å²) in [7, 11) is 4.08. The summed E-state index contributed by atoms with van der Waals surface area (Å²) in [5.41, 5.74) is 3.72. The van der Waals surface area contributed by atoms with Gasteiger partial charge < -0.3 is 15.5 Å². The summed E-state index contributed by atoms with van der Waals surface area (Å²) in [6.45, 7) is 3.18. The number of hydrogen-bond acceptors (Lipinski definition) is 6. The number of hydrogen-bond donors (Lipinski definition) is 2.